The average Bonchev–Trinajstić information content (AvgIpc) is 2.32. The Morgan fingerprint density at radius 3 is 2.25 bits per heavy atom. The first-order valence-electron chi connectivity index (χ1n) is 5.56. The van der Waals surface area contributed by atoms with Gasteiger partial charge in [-0.25, -0.2) is 0 Å². The molecule has 0 aliphatic carbocycles. The minimum absolute atomic E-state index is 0.801. The number of aryl methyl sites for hydroxylation is 1. The second-order valence-electron chi connectivity index (χ2n) is 3.77. The molecule has 16 heavy (non-hydrogen) atoms. The Labute approximate surface area is 104 Å². The lowest BCUT2D eigenvalue weighted by Crippen LogP contribution is -2.18. The minimum atomic E-state index is -1.35. The molecule has 0 heterocycles. The first-order valence-corrected chi connectivity index (χ1v) is 7.70. The minimum Gasteiger partial charge on any atom is -0.400 e. The number of halogens is 1. The Morgan fingerprint density at radius 1 is 1.06 bits per heavy atom. The zero-order valence-corrected chi connectivity index (χ0v) is 11.8. The molecule has 2 nitrogen and oxygen atoms in total. The lowest BCUT2D eigenvalue weighted by atomic mass is 10.1. The summed E-state index contributed by atoms with van der Waals surface area (Å²) in [5, 5.41) is 0.801. The zero-order valence-electron chi connectivity index (χ0n) is 9.91. The summed E-state index contributed by atoms with van der Waals surface area (Å²) in [6.45, 7) is 0. The fourth-order valence-electron chi connectivity index (χ4n) is 1.62. The van der Waals surface area contributed by atoms with Gasteiger partial charge in [0.05, 0.1) is 0 Å². The van der Waals surface area contributed by atoms with Gasteiger partial charge < -0.3 is 8.85 Å². The van der Waals surface area contributed by atoms with Gasteiger partial charge in [-0.1, -0.05) is 30.2 Å². The van der Waals surface area contributed by atoms with E-state index >= 15 is 0 Å². The molecule has 1 aromatic carbocycles. The molecule has 0 radical (unpaired) electrons. The average molecular weight is 259 g/mol. The molecule has 0 atom stereocenters. The molecule has 0 aliphatic heterocycles. The smallest absolute Gasteiger partial charge is 0.320 e. The van der Waals surface area contributed by atoms with Crippen LogP contribution in [0.25, 0.3) is 0 Å². The van der Waals surface area contributed by atoms with Crippen molar-refractivity contribution in [3.05, 3.63) is 34.9 Å². The van der Waals surface area contributed by atoms with Crippen LogP contribution >= 0.6 is 11.6 Å². The molecule has 0 N–H and O–H groups in total. The Kier molecular flexibility index (Phi) is 6.72. The predicted molar refractivity (Wildman–Crippen MR) is 70.4 cm³/mol. The summed E-state index contributed by atoms with van der Waals surface area (Å²) in [6.07, 6.45) is 3.45. The topological polar surface area (TPSA) is 18.5 Å². The first kappa shape index (κ1) is 13.7. The number of benzene rings is 1. The maximum Gasteiger partial charge on any atom is 0.320 e. The van der Waals surface area contributed by atoms with Gasteiger partial charge in [0.25, 0.3) is 0 Å². The van der Waals surface area contributed by atoms with Gasteiger partial charge in [0, 0.05) is 19.2 Å². The van der Waals surface area contributed by atoms with E-state index in [1.54, 1.807) is 14.2 Å². The van der Waals surface area contributed by atoms with Gasteiger partial charge in [-0.3, -0.25) is 0 Å². The maximum atomic E-state index is 5.82. The van der Waals surface area contributed by atoms with E-state index in [2.05, 4.69) is 12.1 Å². The van der Waals surface area contributed by atoms with Crippen molar-refractivity contribution in [1.82, 2.24) is 0 Å². The van der Waals surface area contributed by atoms with Gasteiger partial charge in [0.1, 0.15) is 0 Å². The van der Waals surface area contributed by atoms with E-state index in [1.807, 2.05) is 12.1 Å². The van der Waals surface area contributed by atoms with E-state index in [4.69, 9.17) is 20.5 Å². The van der Waals surface area contributed by atoms with Crippen molar-refractivity contribution in [2.45, 2.75) is 25.3 Å². The molecule has 0 aromatic heterocycles. The van der Waals surface area contributed by atoms with E-state index in [-0.39, 0.29) is 0 Å². The molecule has 0 fully saturated rings. The van der Waals surface area contributed by atoms with Crippen LogP contribution in [0.4, 0.5) is 0 Å². The summed E-state index contributed by atoms with van der Waals surface area (Å²) >= 11 is 5.82. The molecule has 1 aromatic rings. The lowest BCUT2D eigenvalue weighted by molar-refractivity contribution is 0.276. The second-order valence-corrected chi connectivity index (χ2v) is 6.59. The van der Waals surface area contributed by atoms with Crippen molar-refractivity contribution < 1.29 is 8.85 Å². The van der Waals surface area contributed by atoms with Crippen LogP contribution in [0.3, 0.4) is 0 Å². The fraction of sp³-hybridized carbons (Fsp3) is 0.500. The summed E-state index contributed by atoms with van der Waals surface area (Å²) in [7, 11) is 2.12. The molecule has 4 heteroatoms. The highest BCUT2D eigenvalue weighted by molar-refractivity contribution is 6.44. The standard InChI is InChI=1S/C12H19ClO2Si/c1-14-16(15-2)10-4-3-5-11-6-8-12(13)9-7-11/h6-9,16H,3-5,10H2,1-2H3. The molecular weight excluding hydrogens is 240 g/mol. The quantitative estimate of drug-likeness (QED) is 0.553. The van der Waals surface area contributed by atoms with Crippen molar-refractivity contribution >= 4 is 20.9 Å². The molecule has 0 amide bonds. The summed E-state index contributed by atoms with van der Waals surface area (Å²) in [4.78, 5) is 0. The van der Waals surface area contributed by atoms with Gasteiger partial charge >= 0.3 is 9.28 Å². The van der Waals surface area contributed by atoms with E-state index in [1.165, 1.54) is 18.4 Å². The molecule has 0 bridgehead atoms. The second kappa shape index (κ2) is 7.85. The van der Waals surface area contributed by atoms with Crippen molar-refractivity contribution in [3.63, 3.8) is 0 Å². The molecule has 1 rings (SSSR count). The number of unbranched alkanes of at least 4 members (excludes halogenated alkanes) is 1. The largest absolute Gasteiger partial charge is 0.400 e. The summed E-state index contributed by atoms with van der Waals surface area (Å²) in [5.74, 6) is 0. The Bertz CT molecular complexity index is 286. The summed E-state index contributed by atoms with van der Waals surface area (Å²) < 4.78 is 10.5. The van der Waals surface area contributed by atoms with Gasteiger partial charge in [-0.05, 0) is 36.6 Å². The van der Waals surface area contributed by atoms with E-state index < -0.39 is 9.28 Å². The van der Waals surface area contributed by atoms with E-state index in [9.17, 15) is 0 Å². The predicted octanol–water partition coefficient (Wildman–Crippen LogP) is 3.18. The maximum absolute atomic E-state index is 5.82. The highest BCUT2D eigenvalue weighted by Gasteiger charge is 2.08. The number of hydrogen-bond acceptors (Lipinski definition) is 2. The third-order valence-corrected chi connectivity index (χ3v) is 4.78. The number of hydrogen-bond donors (Lipinski definition) is 0. The van der Waals surface area contributed by atoms with Crippen molar-refractivity contribution in [2.75, 3.05) is 14.2 Å². The SMILES string of the molecule is CO[SiH](CCCCc1ccc(Cl)cc1)OC. The fourth-order valence-corrected chi connectivity index (χ4v) is 3.03. The van der Waals surface area contributed by atoms with Crippen LogP contribution in [0.5, 0.6) is 0 Å². The lowest BCUT2D eigenvalue weighted by Gasteiger charge is -2.10. The molecule has 0 aliphatic rings. The Balaban J connectivity index is 2.18. The third-order valence-electron chi connectivity index (χ3n) is 2.59. The van der Waals surface area contributed by atoms with Crippen molar-refractivity contribution in [3.8, 4) is 0 Å². The highest BCUT2D eigenvalue weighted by Crippen LogP contribution is 2.13. The van der Waals surface area contributed by atoms with Crippen LogP contribution < -0.4 is 0 Å². The summed E-state index contributed by atoms with van der Waals surface area (Å²) in [6, 6.07) is 9.14. The van der Waals surface area contributed by atoms with Crippen molar-refractivity contribution in [2.24, 2.45) is 0 Å². The normalized spacial score (nSPS) is 11.0. The molecule has 0 spiro atoms. The monoisotopic (exact) mass is 258 g/mol. The Hall–Kier alpha value is -0.353. The zero-order chi connectivity index (χ0) is 11.8. The van der Waals surface area contributed by atoms with Crippen LogP contribution in [-0.2, 0) is 15.3 Å². The number of rotatable bonds is 7. The van der Waals surface area contributed by atoms with Gasteiger partial charge in [-0.15, -0.1) is 0 Å². The molecule has 0 saturated carbocycles. The molecule has 90 valence electrons. The van der Waals surface area contributed by atoms with Crippen LogP contribution in [0.1, 0.15) is 18.4 Å². The van der Waals surface area contributed by atoms with E-state index in [0.717, 1.165) is 17.5 Å². The van der Waals surface area contributed by atoms with Gasteiger partial charge in [0.2, 0.25) is 0 Å². The van der Waals surface area contributed by atoms with Crippen LogP contribution in [0, 0.1) is 0 Å². The van der Waals surface area contributed by atoms with Gasteiger partial charge in [-0.2, -0.15) is 0 Å². The molecular formula is C12H19ClO2Si. The van der Waals surface area contributed by atoms with E-state index in [0.29, 0.717) is 0 Å². The van der Waals surface area contributed by atoms with Crippen LogP contribution in [0.2, 0.25) is 11.1 Å². The molecule has 0 unspecified atom stereocenters. The van der Waals surface area contributed by atoms with Crippen LogP contribution in [0.15, 0.2) is 24.3 Å². The van der Waals surface area contributed by atoms with Gasteiger partial charge in [0.15, 0.2) is 0 Å². The highest BCUT2D eigenvalue weighted by atomic mass is 35.5. The van der Waals surface area contributed by atoms with Crippen LogP contribution in [-0.4, -0.2) is 23.5 Å². The summed E-state index contributed by atoms with van der Waals surface area (Å²) in [5.41, 5.74) is 1.34. The van der Waals surface area contributed by atoms with Crippen molar-refractivity contribution in [1.29, 1.82) is 0 Å². The third kappa shape index (κ3) is 5.12. The first-order chi connectivity index (χ1) is 7.76. The Morgan fingerprint density at radius 2 is 1.69 bits per heavy atom. The molecule has 0 saturated heterocycles.